The highest BCUT2D eigenvalue weighted by Crippen LogP contribution is 2.20. The first kappa shape index (κ1) is 10.5. The van der Waals surface area contributed by atoms with Crippen molar-refractivity contribution >= 4 is 12.2 Å². The van der Waals surface area contributed by atoms with Crippen molar-refractivity contribution in [2.45, 2.75) is 0 Å². The van der Waals surface area contributed by atoms with E-state index in [1.807, 2.05) is 6.07 Å². The van der Waals surface area contributed by atoms with Crippen molar-refractivity contribution in [1.29, 1.82) is 5.26 Å². The first-order valence-corrected chi connectivity index (χ1v) is 4.87. The topological polar surface area (TPSA) is 52.5 Å². The Bertz CT molecular complexity index is 628. The molecule has 16 heavy (non-hydrogen) atoms. The van der Waals surface area contributed by atoms with Gasteiger partial charge in [0.2, 0.25) is 0 Å². The fourth-order valence-corrected chi connectivity index (χ4v) is 1.49. The zero-order valence-electron chi connectivity index (χ0n) is 8.07. The van der Waals surface area contributed by atoms with Gasteiger partial charge in [-0.15, -0.1) is 0 Å². The predicted octanol–water partition coefficient (Wildman–Crippen LogP) is 2.82. The molecule has 0 fully saturated rings. The fourth-order valence-electron chi connectivity index (χ4n) is 1.33. The van der Waals surface area contributed by atoms with Gasteiger partial charge >= 0.3 is 0 Å². The average Bonchev–Trinajstić information content (AvgIpc) is 2.32. The third-order valence-corrected chi connectivity index (χ3v) is 2.25. The summed E-state index contributed by atoms with van der Waals surface area (Å²) in [4.78, 5) is 6.29. The highest BCUT2D eigenvalue weighted by molar-refractivity contribution is 7.71. The van der Waals surface area contributed by atoms with E-state index < -0.39 is 5.82 Å². The monoisotopic (exact) mass is 231 g/mol. The molecule has 78 valence electrons. The second-order valence-electron chi connectivity index (χ2n) is 3.10. The minimum atomic E-state index is -0.497. The summed E-state index contributed by atoms with van der Waals surface area (Å²) in [5.74, 6) is -0.497. The van der Waals surface area contributed by atoms with Crippen LogP contribution in [0.1, 0.15) is 5.56 Å². The average molecular weight is 231 g/mol. The maximum absolute atomic E-state index is 13.5. The molecule has 1 aromatic heterocycles. The Morgan fingerprint density at radius 1 is 1.44 bits per heavy atom. The number of nitriles is 1. The molecule has 0 aliphatic carbocycles. The van der Waals surface area contributed by atoms with E-state index in [0.717, 1.165) is 6.20 Å². The van der Waals surface area contributed by atoms with Gasteiger partial charge in [0, 0.05) is 5.56 Å². The van der Waals surface area contributed by atoms with E-state index in [-0.39, 0.29) is 10.5 Å². The molecule has 0 unspecified atom stereocenters. The van der Waals surface area contributed by atoms with Crippen molar-refractivity contribution < 1.29 is 4.39 Å². The summed E-state index contributed by atoms with van der Waals surface area (Å²) >= 11 is 4.82. The fraction of sp³-hybridized carbons (Fsp3) is 0. The number of H-pyrrole nitrogens is 1. The van der Waals surface area contributed by atoms with Gasteiger partial charge in [0.25, 0.3) is 0 Å². The van der Waals surface area contributed by atoms with Crippen LogP contribution in [0.2, 0.25) is 0 Å². The Hall–Kier alpha value is -2.06. The van der Waals surface area contributed by atoms with Crippen molar-refractivity contribution in [2.24, 2.45) is 0 Å². The van der Waals surface area contributed by atoms with E-state index in [1.54, 1.807) is 24.3 Å². The highest BCUT2D eigenvalue weighted by Gasteiger charge is 2.06. The summed E-state index contributed by atoms with van der Waals surface area (Å²) in [6.07, 6.45) is 1.06. The molecule has 1 N–H and O–H groups in total. The Morgan fingerprint density at radius 2 is 2.25 bits per heavy atom. The lowest BCUT2D eigenvalue weighted by Crippen LogP contribution is -1.92. The minimum Gasteiger partial charge on any atom is -0.328 e. The lowest BCUT2D eigenvalue weighted by molar-refractivity contribution is 0.617. The normalized spacial score (nSPS) is 9.75. The first-order chi connectivity index (χ1) is 7.70. The first-order valence-electron chi connectivity index (χ1n) is 4.46. The molecule has 3 nitrogen and oxygen atoms in total. The summed E-state index contributed by atoms with van der Waals surface area (Å²) in [6, 6.07) is 8.61. The van der Waals surface area contributed by atoms with Gasteiger partial charge in [-0.25, -0.2) is 9.37 Å². The number of nitrogens with one attached hydrogen (secondary N) is 1. The summed E-state index contributed by atoms with van der Waals surface area (Å²) in [5.41, 5.74) is 1.29. The van der Waals surface area contributed by atoms with Gasteiger partial charge in [-0.2, -0.15) is 5.26 Å². The molecular formula is C11H6FN3S. The van der Waals surface area contributed by atoms with Crippen LogP contribution in [-0.4, -0.2) is 9.97 Å². The molecule has 0 saturated heterocycles. The van der Waals surface area contributed by atoms with Gasteiger partial charge in [0.1, 0.15) is 0 Å². The number of aromatic amines is 1. The number of hydrogen-bond acceptors (Lipinski definition) is 3. The molecule has 0 aliphatic heterocycles. The molecule has 2 aromatic rings. The van der Waals surface area contributed by atoms with E-state index in [4.69, 9.17) is 17.5 Å². The Morgan fingerprint density at radius 3 is 3.00 bits per heavy atom. The van der Waals surface area contributed by atoms with E-state index in [2.05, 4.69) is 9.97 Å². The summed E-state index contributed by atoms with van der Waals surface area (Å²) in [6.45, 7) is 0. The van der Waals surface area contributed by atoms with Gasteiger partial charge < -0.3 is 4.98 Å². The van der Waals surface area contributed by atoms with Gasteiger partial charge in [0.15, 0.2) is 10.6 Å². The van der Waals surface area contributed by atoms with Crippen molar-refractivity contribution in [3.05, 3.63) is 46.6 Å². The molecule has 0 atom stereocenters. The number of nitrogens with zero attached hydrogens (tertiary/aromatic N) is 2. The smallest absolute Gasteiger partial charge is 0.197 e. The van der Waals surface area contributed by atoms with Crippen LogP contribution in [0, 0.1) is 21.9 Å². The second kappa shape index (κ2) is 4.21. The lowest BCUT2D eigenvalue weighted by Gasteiger charge is -2.02. The quantitative estimate of drug-likeness (QED) is 0.768. The maximum Gasteiger partial charge on any atom is 0.197 e. The van der Waals surface area contributed by atoms with Gasteiger partial charge in [-0.3, -0.25) is 0 Å². The number of hydrogen-bond donors (Lipinski definition) is 1. The van der Waals surface area contributed by atoms with Crippen molar-refractivity contribution in [2.75, 3.05) is 0 Å². The highest BCUT2D eigenvalue weighted by atomic mass is 32.1. The lowest BCUT2D eigenvalue weighted by atomic mass is 10.1. The van der Waals surface area contributed by atoms with Crippen LogP contribution in [0.3, 0.4) is 0 Å². The zero-order chi connectivity index (χ0) is 11.5. The maximum atomic E-state index is 13.5. The third-order valence-electron chi connectivity index (χ3n) is 2.05. The predicted molar refractivity (Wildman–Crippen MR) is 59.5 cm³/mol. The number of aromatic nitrogens is 2. The molecule has 0 saturated carbocycles. The summed E-state index contributed by atoms with van der Waals surface area (Å²) < 4.78 is 13.7. The molecule has 0 aliphatic rings. The van der Waals surface area contributed by atoms with Gasteiger partial charge in [-0.1, -0.05) is 12.1 Å². The van der Waals surface area contributed by atoms with E-state index in [1.165, 1.54) is 0 Å². The zero-order valence-corrected chi connectivity index (χ0v) is 8.88. The summed E-state index contributed by atoms with van der Waals surface area (Å²) in [5, 5.41) is 8.75. The van der Waals surface area contributed by atoms with Crippen LogP contribution in [-0.2, 0) is 0 Å². The standard InChI is InChI=1S/C11H6FN3S/c12-9-6-14-11(16)15-10(9)8-3-1-2-7(4-8)5-13/h1-4,6H,(H,14,15,16). The van der Waals surface area contributed by atoms with Crippen LogP contribution in [0.5, 0.6) is 0 Å². The van der Waals surface area contributed by atoms with E-state index in [0.29, 0.717) is 11.1 Å². The Balaban J connectivity index is 2.63. The molecule has 0 bridgehead atoms. The van der Waals surface area contributed by atoms with Crippen LogP contribution in [0.25, 0.3) is 11.3 Å². The number of halogens is 1. The van der Waals surface area contributed by atoms with Crippen LogP contribution in [0.15, 0.2) is 30.5 Å². The van der Waals surface area contributed by atoms with Crippen molar-refractivity contribution in [3.8, 4) is 17.3 Å². The van der Waals surface area contributed by atoms with Crippen molar-refractivity contribution in [1.82, 2.24) is 9.97 Å². The van der Waals surface area contributed by atoms with Gasteiger partial charge in [-0.05, 0) is 24.4 Å². The molecular weight excluding hydrogens is 225 g/mol. The molecule has 1 heterocycles. The molecule has 1 aromatic carbocycles. The molecule has 0 amide bonds. The number of rotatable bonds is 1. The largest absolute Gasteiger partial charge is 0.328 e. The molecule has 2 rings (SSSR count). The third kappa shape index (κ3) is 1.97. The second-order valence-corrected chi connectivity index (χ2v) is 3.49. The molecule has 0 spiro atoms. The molecule has 0 radical (unpaired) electrons. The number of benzene rings is 1. The summed E-state index contributed by atoms with van der Waals surface area (Å²) in [7, 11) is 0. The van der Waals surface area contributed by atoms with Crippen LogP contribution < -0.4 is 0 Å². The van der Waals surface area contributed by atoms with E-state index in [9.17, 15) is 4.39 Å². The minimum absolute atomic E-state index is 0.207. The SMILES string of the molecule is N#Cc1cccc(-c2[nH]c(=S)ncc2F)c1. The van der Waals surface area contributed by atoms with Gasteiger partial charge in [0.05, 0.1) is 23.5 Å². The van der Waals surface area contributed by atoms with Crippen LogP contribution in [0.4, 0.5) is 4.39 Å². The van der Waals surface area contributed by atoms with E-state index >= 15 is 0 Å². The Kier molecular flexibility index (Phi) is 2.75. The Labute approximate surface area is 96.2 Å². The van der Waals surface area contributed by atoms with Crippen LogP contribution >= 0.6 is 12.2 Å². The molecule has 5 heteroatoms. The van der Waals surface area contributed by atoms with Crippen molar-refractivity contribution in [3.63, 3.8) is 0 Å².